The average Bonchev–Trinajstić information content (AvgIpc) is 3.69. The molecule has 0 spiro atoms. The predicted molar refractivity (Wildman–Crippen MR) is 229 cm³/mol. The van der Waals surface area contributed by atoms with Crippen LogP contribution in [0.4, 0.5) is 17.1 Å². The van der Waals surface area contributed by atoms with Crippen molar-refractivity contribution in [2.45, 2.75) is 0 Å². The Kier molecular flexibility index (Phi) is 5.30. The van der Waals surface area contributed by atoms with Crippen LogP contribution < -0.4 is 4.90 Å². The zero-order valence-electron chi connectivity index (χ0n) is 36.8. The third-order valence-corrected chi connectivity index (χ3v) is 10.4. The highest BCUT2D eigenvalue weighted by molar-refractivity contribution is 6.15. The van der Waals surface area contributed by atoms with E-state index < -0.39 is 24.2 Å². The molecule has 0 saturated carbocycles. The minimum atomic E-state index is -0.422. The molecule has 1 aromatic heterocycles. The second-order valence-corrected chi connectivity index (χ2v) is 13.4. The lowest BCUT2D eigenvalue weighted by Crippen LogP contribution is -2.10. The van der Waals surface area contributed by atoms with Crippen molar-refractivity contribution in [3.05, 3.63) is 200 Å². The van der Waals surface area contributed by atoms with Crippen LogP contribution in [0.1, 0.15) is 11.0 Å². The third kappa shape index (κ3) is 4.88. The molecule has 0 aliphatic heterocycles. The number of hydrogen-bond donors (Lipinski definition) is 0. The van der Waals surface area contributed by atoms with Crippen molar-refractivity contribution >= 4 is 82.1 Å². The number of benzene rings is 10. The van der Waals surface area contributed by atoms with Crippen LogP contribution in [0.15, 0.2) is 204 Å². The third-order valence-electron chi connectivity index (χ3n) is 10.4. The fourth-order valence-electron chi connectivity index (χ4n) is 7.80. The number of furan rings is 1. The first-order chi connectivity index (χ1) is 30.1. The number of para-hydroxylation sites is 2. The molecule has 0 unspecified atom stereocenters. The van der Waals surface area contributed by atoms with Gasteiger partial charge in [-0.1, -0.05) is 158 Å². The van der Waals surface area contributed by atoms with Gasteiger partial charge >= 0.3 is 0 Å². The summed E-state index contributed by atoms with van der Waals surface area (Å²) in [4.78, 5) is 1.40. The van der Waals surface area contributed by atoms with Crippen molar-refractivity contribution in [1.82, 2.24) is 0 Å². The summed E-state index contributed by atoms with van der Waals surface area (Å²) in [5.41, 5.74) is 2.05. The Labute approximate surface area is 324 Å². The van der Waals surface area contributed by atoms with Crippen molar-refractivity contribution < 1.29 is 15.4 Å². The first kappa shape index (κ1) is 23.4. The van der Waals surface area contributed by atoms with E-state index in [1.807, 2.05) is 140 Å². The molecular formula is C52H33NO. The van der Waals surface area contributed by atoms with E-state index in [1.165, 1.54) is 4.90 Å². The van der Waals surface area contributed by atoms with E-state index in [0.29, 0.717) is 33.4 Å². The maximum atomic E-state index is 9.72. The molecule has 0 aliphatic carbocycles. The van der Waals surface area contributed by atoms with Crippen LogP contribution in [0.3, 0.4) is 0 Å². The summed E-state index contributed by atoms with van der Waals surface area (Å²) in [6.45, 7) is 0. The van der Waals surface area contributed by atoms with Crippen LogP contribution in [-0.2, 0) is 0 Å². The number of anilines is 3. The van der Waals surface area contributed by atoms with Crippen molar-refractivity contribution in [3.8, 4) is 22.3 Å². The van der Waals surface area contributed by atoms with Gasteiger partial charge in [0.1, 0.15) is 11.2 Å². The molecule has 11 rings (SSSR count). The zero-order chi connectivity index (χ0) is 42.6. The van der Waals surface area contributed by atoms with Gasteiger partial charge < -0.3 is 9.32 Å². The normalized spacial score (nSPS) is 13.8. The van der Waals surface area contributed by atoms with Crippen LogP contribution in [-0.4, -0.2) is 0 Å². The quantitative estimate of drug-likeness (QED) is 0.167. The standard InChI is InChI=1S/C52H33NO/c1-3-12-42-35(10-1)20-21-39-32-37(26-31-44(39)42)34-22-27-40(28-23-34)53(50-33-38-11-2-4-13-43(38)46-14-5-6-15-47(46)50)41-29-24-36(25-30-41)45-17-9-18-49-48-16-7-8-19-51(48)54-52(45)49/h1-33H/i22D,23D,24D,25D,27D,28D,29D,30D. The second-order valence-electron chi connectivity index (χ2n) is 13.4. The number of rotatable bonds is 5. The summed E-state index contributed by atoms with van der Waals surface area (Å²) in [6.07, 6.45) is 0. The monoisotopic (exact) mass is 695 g/mol. The molecule has 2 nitrogen and oxygen atoms in total. The Bertz CT molecular complexity index is 3650. The highest BCUT2D eigenvalue weighted by atomic mass is 16.3. The first-order valence-electron chi connectivity index (χ1n) is 21.9. The van der Waals surface area contributed by atoms with E-state index >= 15 is 0 Å². The number of hydrogen-bond acceptors (Lipinski definition) is 2. The molecule has 0 fully saturated rings. The smallest absolute Gasteiger partial charge is 0.143 e. The largest absolute Gasteiger partial charge is 0.455 e. The summed E-state index contributed by atoms with van der Waals surface area (Å²) in [5.74, 6) is 0. The van der Waals surface area contributed by atoms with Gasteiger partial charge in [0.05, 0.1) is 16.7 Å². The van der Waals surface area contributed by atoms with Crippen LogP contribution in [0.5, 0.6) is 0 Å². The summed E-state index contributed by atoms with van der Waals surface area (Å²) >= 11 is 0. The number of nitrogens with zero attached hydrogens (tertiary/aromatic N) is 1. The molecule has 0 aliphatic rings. The predicted octanol–water partition coefficient (Wildman–Crippen LogP) is 15.0. The van der Waals surface area contributed by atoms with Crippen molar-refractivity contribution in [2.75, 3.05) is 4.90 Å². The zero-order valence-corrected chi connectivity index (χ0v) is 28.8. The van der Waals surface area contributed by atoms with E-state index in [9.17, 15) is 11.0 Å². The minimum Gasteiger partial charge on any atom is -0.455 e. The first-order valence-corrected chi connectivity index (χ1v) is 17.9. The average molecular weight is 696 g/mol. The lowest BCUT2D eigenvalue weighted by atomic mass is 9.97. The summed E-state index contributed by atoms with van der Waals surface area (Å²) in [5, 5.41) is 8.85. The molecule has 54 heavy (non-hydrogen) atoms. The van der Waals surface area contributed by atoms with Crippen LogP contribution in [0, 0.1) is 0 Å². The van der Waals surface area contributed by atoms with Gasteiger partial charge in [-0.15, -0.1) is 0 Å². The lowest BCUT2D eigenvalue weighted by Gasteiger charge is -2.28. The molecule has 11 aromatic rings. The Morgan fingerprint density at radius 2 is 0.926 bits per heavy atom. The molecule has 0 atom stereocenters. The van der Waals surface area contributed by atoms with E-state index in [1.54, 1.807) is 12.1 Å². The minimum absolute atomic E-state index is 0.0377. The Morgan fingerprint density at radius 3 is 1.70 bits per heavy atom. The Morgan fingerprint density at radius 1 is 0.370 bits per heavy atom. The van der Waals surface area contributed by atoms with Crippen molar-refractivity contribution in [2.24, 2.45) is 0 Å². The van der Waals surface area contributed by atoms with Crippen molar-refractivity contribution in [1.29, 1.82) is 0 Å². The molecule has 252 valence electrons. The van der Waals surface area contributed by atoms with Crippen LogP contribution >= 0.6 is 0 Å². The molecule has 1 heterocycles. The van der Waals surface area contributed by atoms with Gasteiger partial charge in [-0.2, -0.15) is 0 Å². The van der Waals surface area contributed by atoms with E-state index in [-0.39, 0.29) is 46.7 Å². The Balaban J connectivity index is 1.19. The van der Waals surface area contributed by atoms with Crippen LogP contribution in [0.2, 0.25) is 0 Å². The van der Waals surface area contributed by atoms with E-state index in [2.05, 4.69) is 0 Å². The number of fused-ring (bicyclic) bond motifs is 9. The highest BCUT2D eigenvalue weighted by Crippen LogP contribution is 2.44. The maximum absolute atomic E-state index is 9.72. The fourth-order valence-corrected chi connectivity index (χ4v) is 7.80. The van der Waals surface area contributed by atoms with Gasteiger partial charge in [0.2, 0.25) is 0 Å². The van der Waals surface area contributed by atoms with Gasteiger partial charge in [-0.3, -0.25) is 0 Å². The molecule has 0 amide bonds. The second kappa shape index (κ2) is 12.2. The maximum Gasteiger partial charge on any atom is 0.143 e. The molecule has 0 radical (unpaired) electrons. The van der Waals surface area contributed by atoms with Gasteiger partial charge in [0.25, 0.3) is 0 Å². The van der Waals surface area contributed by atoms with Gasteiger partial charge in [0, 0.05) is 33.1 Å². The van der Waals surface area contributed by atoms with Crippen molar-refractivity contribution in [3.63, 3.8) is 0 Å². The SMILES string of the molecule is [2H]c1c([2H])c(N(c2c([2H])c([2H])c(-c3cccc4c3oc3ccccc34)c([2H])c2[2H])c2cc3ccccc3c3ccccc23)c([2H])c([2H])c1-c1ccc2c(ccc3ccccc32)c1. The van der Waals surface area contributed by atoms with E-state index in [0.717, 1.165) is 48.5 Å². The summed E-state index contributed by atoms with van der Waals surface area (Å²) in [7, 11) is 0. The van der Waals surface area contributed by atoms with Gasteiger partial charge in [-0.05, 0) is 96.8 Å². The lowest BCUT2D eigenvalue weighted by molar-refractivity contribution is 0.670. The molecular weight excluding hydrogens is 655 g/mol. The topological polar surface area (TPSA) is 16.4 Å². The van der Waals surface area contributed by atoms with E-state index in [4.69, 9.17) is 4.42 Å². The molecule has 0 bridgehead atoms. The fraction of sp³-hybridized carbons (Fsp3) is 0. The molecule has 0 N–H and O–H groups in total. The highest BCUT2D eigenvalue weighted by Gasteiger charge is 2.19. The summed E-state index contributed by atoms with van der Waals surface area (Å²) in [6, 6.07) is 44.9. The Hall–Kier alpha value is -7.16. The summed E-state index contributed by atoms with van der Waals surface area (Å²) < 4.78 is 83.3. The van der Waals surface area contributed by atoms with Gasteiger partial charge in [-0.25, -0.2) is 0 Å². The molecule has 0 saturated heterocycles. The van der Waals surface area contributed by atoms with Crippen LogP contribution in [0.25, 0.3) is 87.3 Å². The molecule has 2 heteroatoms. The molecule has 10 aromatic carbocycles. The van der Waals surface area contributed by atoms with Gasteiger partial charge in [0.15, 0.2) is 0 Å².